The first kappa shape index (κ1) is 9.78. The molecule has 2 nitrogen and oxygen atoms in total. The van der Waals surface area contributed by atoms with Crippen molar-refractivity contribution < 1.29 is 0 Å². The molecular weight excluding hydrogens is 168 g/mol. The Balaban J connectivity index is 2.33. The average Bonchev–Trinajstić information content (AvgIpc) is 2.84. The Hall–Kier alpha value is -0.310. The lowest BCUT2D eigenvalue weighted by Gasteiger charge is -2.27. The lowest BCUT2D eigenvalue weighted by Crippen LogP contribution is -2.42. The molecule has 1 aliphatic rings. The molecule has 1 N–H and O–H groups in total. The zero-order chi connectivity index (χ0) is 9.14. The van der Waals surface area contributed by atoms with Crippen LogP contribution in [0.3, 0.4) is 0 Å². The third-order valence-corrected chi connectivity index (χ3v) is 3.00. The fourth-order valence-electron chi connectivity index (χ4n) is 1.36. The Morgan fingerprint density at radius 2 is 2.25 bits per heavy atom. The number of thiocarbonyl (C=S) groups is 1. The van der Waals surface area contributed by atoms with Gasteiger partial charge in [0.1, 0.15) is 0 Å². The van der Waals surface area contributed by atoms with Crippen LogP contribution in [0.1, 0.15) is 26.7 Å². The third-order valence-electron chi connectivity index (χ3n) is 2.56. The number of rotatable bonds is 3. The molecule has 0 radical (unpaired) electrons. The second kappa shape index (κ2) is 4.08. The summed E-state index contributed by atoms with van der Waals surface area (Å²) in [7, 11) is 2.08. The highest BCUT2D eigenvalue weighted by molar-refractivity contribution is 7.80. The van der Waals surface area contributed by atoms with Crippen molar-refractivity contribution in [1.82, 2.24) is 10.2 Å². The molecular formula is C9H18N2S. The van der Waals surface area contributed by atoms with Gasteiger partial charge in [-0.3, -0.25) is 0 Å². The maximum Gasteiger partial charge on any atom is 0.168 e. The van der Waals surface area contributed by atoms with Gasteiger partial charge in [-0.25, -0.2) is 0 Å². The zero-order valence-corrected chi connectivity index (χ0v) is 8.95. The van der Waals surface area contributed by atoms with Gasteiger partial charge in [0.05, 0.1) is 0 Å². The van der Waals surface area contributed by atoms with E-state index in [9.17, 15) is 0 Å². The van der Waals surface area contributed by atoms with E-state index in [2.05, 4.69) is 31.1 Å². The lowest BCUT2D eigenvalue weighted by atomic mass is 10.2. The minimum atomic E-state index is 0.608. The second-order valence-electron chi connectivity index (χ2n) is 3.52. The van der Waals surface area contributed by atoms with Crippen LogP contribution in [0.25, 0.3) is 0 Å². The maximum atomic E-state index is 5.21. The summed E-state index contributed by atoms with van der Waals surface area (Å²) in [6, 6.07) is 0.608. The van der Waals surface area contributed by atoms with Crippen LogP contribution in [0.2, 0.25) is 0 Å². The van der Waals surface area contributed by atoms with Crippen molar-refractivity contribution in [3.8, 4) is 0 Å². The molecule has 1 saturated carbocycles. The summed E-state index contributed by atoms with van der Waals surface area (Å²) >= 11 is 5.21. The van der Waals surface area contributed by atoms with Crippen molar-refractivity contribution in [2.75, 3.05) is 13.6 Å². The van der Waals surface area contributed by atoms with Gasteiger partial charge >= 0.3 is 0 Å². The molecule has 0 bridgehead atoms. The van der Waals surface area contributed by atoms with Gasteiger partial charge in [-0.15, -0.1) is 0 Å². The predicted molar refractivity (Wildman–Crippen MR) is 56.2 cm³/mol. The highest BCUT2D eigenvalue weighted by atomic mass is 32.1. The zero-order valence-electron chi connectivity index (χ0n) is 8.13. The quantitative estimate of drug-likeness (QED) is 0.674. The van der Waals surface area contributed by atoms with Gasteiger partial charge in [0.2, 0.25) is 0 Å². The van der Waals surface area contributed by atoms with E-state index in [4.69, 9.17) is 12.2 Å². The van der Waals surface area contributed by atoms with Crippen LogP contribution in [-0.4, -0.2) is 29.6 Å². The largest absolute Gasteiger partial charge is 0.363 e. The van der Waals surface area contributed by atoms with Gasteiger partial charge in [-0.05, 0) is 44.8 Å². The molecule has 0 amide bonds. The number of nitrogens with one attached hydrogen (secondary N) is 1. The summed E-state index contributed by atoms with van der Waals surface area (Å²) in [6.07, 6.45) is 2.75. The Labute approximate surface area is 80.3 Å². The molecule has 0 aromatic carbocycles. The fourth-order valence-corrected chi connectivity index (χ4v) is 1.67. The van der Waals surface area contributed by atoms with Crippen molar-refractivity contribution in [3.05, 3.63) is 0 Å². The van der Waals surface area contributed by atoms with Crippen LogP contribution in [0.5, 0.6) is 0 Å². The van der Waals surface area contributed by atoms with Gasteiger partial charge in [0, 0.05) is 19.6 Å². The standard InChI is InChI=1S/C9H18N2S/c1-4-10-9(12)11(3)7(2)8-5-6-8/h7-8H,4-6H2,1-3H3,(H,10,12). The summed E-state index contributed by atoms with van der Waals surface area (Å²) in [6.45, 7) is 5.24. The predicted octanol–water partition coefficient (Wildman–Crippen LogP) is 1.61. The molecule has 0 spiro atoms. The second-order valence-corrected chi connectivity index (χ2v) is 3.91. The first-order valence-electron chi connectivity index (χ1n) is 4.67. The molecule has 1 aliphatic carbocycles. The fraction of sp³-hybridized carbons (Fsp3) is 0.889. The molecule has 1 rings (SSSR count). The van der Waals surface area contributed by atoms with E-state index in [0.717, 1.165) is 17.6 Å². The average molecular weight is 186 g/mol. The van der Waals surface area contributed by atoms with E-state index in [1.54, 1.807) is 0 Å². The van der Waals surface area contributed by atoms with Crippen LogP contribution >= 0.6 is 12.2 Å². The van der Waals surface area contributed by atoms with E-state index in [1.165, 1.54) is 12.8 Å². The minimum Gasteiger partial charge on any atom is -0.363 e. The van der Waals surface area contributed by atoms with E-state index < -0.39 is 0 Å². The van der Waals surface area contributed by atoms with Crippen molar-refractivity contribution in [2.24, 2.45) is 5.92 Å². The van der Waals surface area contributed by atoms with Crippen molar-refractivity contribution >= 4 is 17.3 Å². The molecule has 0 aromatic rings. The van der Waals surface area contributed by atoms with Crippen LogP contribution in [0.4, 0.5) is 0 Å². The van der Waals surface area contributed by atoms with Crippen LogP contribution in [0.15, 0.2) is 0 Å². The monoisotopic (exact) mass is 186 g/mol. The molecule has 0 saturated heterocycles. The Bertz CT molecular complexity index is 166. The lowest BCUT2D eigenvalue weighted by molar-refractivity contribution is 0.349. The molecule has 0 aliphatic heterocycles. The number of nitrogens with zero attached hydrogens (tertiary/aromatic N) is 1. The molecule has 3 heteroatoms. The van der Waals surface area contributed by atoms with Gasteiger partial charge in [0.25, 0.3) is 0 Å². The first-order valence-corrected chi connectivity index (χ1v) is 5.08. The normalized spacial score (nSPS) is 18.6. The Kier molecular flexibility index (Phi) is 3.32. The van der Waals surface area contributed by atoms with Crippen molar-refractivity contribution in [2.45, 2.75) is 32.7 Å². The molecule has 1 unspecified atom stereocenters. The van der Waals surface area contributed by atoms with E-state index in [1.807, 2.05) is 0 Å². The van der Waals surface area contributed by atoms with E-state index >= 15 is 0 Å². The molecule has 0 heterocycles. The number of hydrogen-bond acceptors (Lipinski definition) is 1. The smallest absolute Gasteiger partial charge is 0.168 e. The van der Waals surface area contributed by atoms with Crippen molar-refractivity contribution in [3.63, 3.8) is 0 Å². The molecule has 70 valence electrons. The van der Waals surface area contributed by atoms with Gasteiger partial charge in [0.15, 0.2) is 5.11 Å². The third kappa shape index (κ3) is 2.34. The molecule has 0 aromatic heterocycles. The summed E-state index contributed by atoms with van der Waals surface area (Å²) < 4.78 is 0. The van der Waals surface area contributed by atoms with Crippen LogP contribution in [-0.2, 0) is 0 Å². The summed E-state index contributed by atoms with van der Waals surface area (Å²) in [4.78, 5) is 2.18. The minimum absolute atomic E-state index is 0.608. The topological polar surface area (TPSA) is 15.3 Å². The Morgan fingerprint density at radius 3 is 2.67 bits per heavy atom. The first-order chi connectivity index (χ1) is 5.66. The van der Waals surface area contributed by atoms with Crippen molar-refractivity contribution in [1.29, 1.82) is 0 Å². The Morgan fingerprint density at radius 1 is 1.67 bits per heavy atom. The van der Waals surface area contributed by atoms with E-state index in [0.29, 0.717) is 6.04 Å². The van der Waals surface area contributed by atoms with Crippen LogP contribution < -0.4 is 5.32 Å². The van der Waals surface area contributed by atoms with Gasteiger partial charge in [-0.1, -0.05) is 0 Å². The summed E-state index contributed by atoms with van der Waals surface area (Å²) in [5.41, 5.74) is 0. The van der Waals surface area contributed by atoms with E-state index in [-0.39, 0.29) is 0 Å². The molecule has 12 heavy (non-hydrogen) atoms. The highest BCUT2D eigenvalue weighted by Crippen LogP contribution is 2.34. The summed E-state index contributed by atoms with van der Waals surface area (Å²) in [5, 5.41) is 4.05. The van der Waals surface area contributed by atoms with Crippen LogP contribution in [0, 0.1) is 5.92 Å². The maximum absolute atomic E-state index is 5.21. The van der Waals surface area contributed by atoms with Gasteiger partial charge in [-0.2, -0.15) is 0 Å². The SMILES string of the molecule is CCNC(=S)N(C)C(C)C1CC1. The number of hydrogen-bond donors (Lipinski definition) is 1. The summed E-state index contributed by atoms with van der Waals surface area (Å²) in [5.74, 6) is 0.881. The van der Waals surface area contributed by atoms with Gasteiger partial charge < -0.3 is 10.2 Å². The highest BCUT2D eigenvalue weighted by Gasteiger charge is 2.31. The molecule has 1 atom stereocenters. The molecule has 1 fully saturated rings.